The summed E-state index contributed by atoms with van der Waals surface area (Å²) in [5.74, 6) is -0.723. The van der Waals surface area contributed by atoms with E-state index < -0.39 is 5.97 Å². The highest BCUT2D eigenvalue weighted by Crippen LogP contribution is 2.21. The van der Waals surface area contributed by atoms with Gasteiger partial charge in [0.15, 0.2) is 0 Å². The molecule has 2 N–H and O–H groups in total. The third-order valence-corrected chi connectivity index (χ3v) is 3.64. The summed E-state index contributed by atoms with van der Waals surface area (Å²) >= 11 is 1.26. The van der Waals surface area contributed by atoms with Gasteiger partial charge >= 0.3 is 5.97 Å². The number of carboxylic acid groups (broad SMARTS) is 1. The Morgan fingerprint density at radius 3 is 2.86 bits per heavy atom. The molecule has 0 aliphatic rings. The minimum Gasteiger partial charge on any atom is -0.478 e. The van der Waals surface area contributed by atoms with Crippen LogP contribution in [0.1, 0.15) is 35.1 Å². The van der Waals surface area contributed by atoms with Crippen LogP contribution >= 0.6 is 11.3 Å². The molecular weight excluding hydrogens is 290 g/mol. The van der Waals surface area contributed by atoms with E-state index in [2.05, 4.69) is 10.4 Å². The monoisotopic (exact) mass is 305 g/mol. The fourth-order valence-electron chi connectivity index (χ4n) is 1.79. The van der Waals surface area contributed by atoms with Crippen LogP contribution in [0.15, 0.2) is 29.8 Å². The maximum absolute atomic E-state index is 12.3. The Bertz CT molecular complexity index is 685. The second kappa shape index (κ2) is 6.36. The van der Waals surface area contributed by atoms with Crippen molar-refractivity contribution in [2.75, 3.05) is 5.32 Å². The van der Waals surface area contributed by atoms with Gasteiger partial charge in [0.1, 0.15) is 5.82 Å². The van der Waals surface area contributed by atoms with Crippen molar-refractivity contribution in [2.45, 2.75) is 19.9 Å². The summed E-state index contributed by atoms with van der Waals surface area (Å²) in [6.07, 6.45) is 4.04. The van der Waals surface area contributed by atoms with Crippen molar-refractivity contribution in [3.05, 3.63) is 40.2 Å². The third-order valence-electron chi connectivity index (χ3n) is 2.71. The van der Waals surface area contributed by atoms with Crippen molar-refractivity contribution in [3.63, 3.8) is 0 Å². The van der Waals surface area contributed by atoms with Gasteiger partial charge in [-0.1, -0.05) is 0 Å². The van der Waals surface area contributed by atoms with Crippen LogP contribution in [-0.2, 0) is 4.79 Å². The van der Waals surface area contributed by atoms with Crippen LogP contribution < -0.4 is 5.32 Å². The Balaban J connectivity index is 2.20. The number of hydrogen-bond donors (Lipinski definition) is 2. The van der Waals surface area contributed by atoms with Crippen LogP contribution in [0.4, 0.5) is 5.82 Å². The summed E-state index contributed by atoms with van der Waals surface area (Å²) in [6, 6.07) is 3.56. The summed E-state index contributed by atoms with van der Waals surface area (Å²) in [7, 11) is 0. The predicted octanol–water partition coefficient (Wildman–Crippen LogP) is 2.88. The molecule has 110 valence electrons. The van der Waals surface area contributed by atoms with Gasteiger partial charge in [-0.15, -0.1) is 11.3 Å². The predicted molar refractivity (Wildman–Crippen MR) is 81.6 cm³/mol. The van der Waals surface area contributed by atoms with Crippen LogP contribution in [0.5, 0.6) is 0 Å². The zero-order valence-corrected chi connectivity index (χ0v) is 12.4. The van der Waals surface area contributed by atoms with Gasteiger partial charge in [0.05, 0.1) is 11.1 Å². The zero-order chi connectivity index (χ0) is 15.4. The van der Waals surface area contributed by atoms with Gasteiger partial charge in [-0.25, -0.2) is 9.48 Å². The number of carbonyl (C=O) groups is 2. The first-order valence-corrected chi connectivity index (χ1v) is 7.20. The van der Waals surface area contributed by atoms with Crippen molar-refractivity contribution < 1.29 is 14.7 Å². The number of hydrogen-bond acceptors (Lipinski definition) is 4. The van der Waals surface area contributed by atoms with E-state index in [0.717, 1.165) is 6.08 Å². The number of aromatic nitrogens is 2. The lowest BCUT2D eigenvalue weighted by Crippen LogP contribution is -2.16. The second-order valence-electron chi connectivity index (χ2n) is 4.59. The Morgan fingerprint density at radius 1 is 1.43 bits per heavy atom. The molecule has 0 fully saturated rings. The number of nitrogens with one attached hydrogen (secondary N) is 1. The number of amides is 1. The van der Waals surface area contributed by atoms with E-state index in [1.54, 1.807) is 28.4 Å². The van der Waals surface area contributed by atoms with Crippen LogP contribution in [0.3, 0.4) is 0 Å². The molecule has 0 radical (unpaired) electrons. The van der Waals surface area contributed by atoms with Crippen molar-refractivity contribution in [1.82, 2.24) is 9.78 Å². The zero-order valence-electron chi connectivity index (χ0n) is 11.6. The summed E-state index contributed by atoms with van der Waals surface area (Å²) in [5, 5.41) is 17.3. The van der Waals surface area contributed by atoms with E-state index >= 15 is 0 Å². The highest BCUT2D eigenvalue weighted by atomic mass is 32.1. The maximum atomic E-state index is 12.3. The fraction of sp³-hybridized carbons (Fsp3) is 0.214. The standard InChI is InChI=1S/C14H15N3O3S/c1-9(2)17-11(5-7-15-17)16-14(20)13-10(6-8-21-13)3-4-12(18)19/h3-9H,1-2H3,(H,16,20)(H,18,19). The molecule has 2 aromatic heterocycles. The summed E-state index contributed by atoms with van der Waals surface area (Å²) in [5.41, 5.74) is 0.579. The van der Waals surface area contributed by atoms with Crippen molar-refractivity contribution in [1.29, 1.82) is 0 Å². The second-order valence-corrected chi connectivity index (χ2v) is 5.50. The van der Waals surface area contributed by atoms with Gasteiger partial charge in [0.25, 0.3) is 5.91 Å². The lowest BCUT2D eigenvalue weighted by atomic mass is 10.2. The average molecular weight is 305 g/mol. The number of anilines is 1. The number of aliphatic carboxylic acids is 1. The molecule has 0 saturated carbocycles. The van der Waals surface area contributed by atoms with Gasteiger partial charge in [-0.2, -0.15) is 5.10 Å². The summed E-state index contributed by atoms with van der Waals surface area (Å²) in [6.45, 7) is 3.93. The van der Waals surface area contributed by atoms with Gasteiger partial charge in [0, 0.05) is 18.2 Å². The third kappa shape index (κ3) is 3.57. The molecule has 2 rings (SSSR count). The average Bonchev–Trinajstić information content (AvgIpc) is 3.04. The molecule has 0 atom stereocenters. The molecule has 0 aliphatic carbocycles. The van der Waals surface area contributed by atoms with E-state index in [-0.39, 0.29) is 11.9 Å². The number of carboxylic acids is 1. The minimum atomic E-state index is -1.05. The Labute approximate surface area is 125 Å². The molecule has 0 unspecified atom stereocenters. The lowest BCUT2D eigenvalue weighted by molar-refractivity contribution is -0.131. The van der Waals surface area contributed by atoms with E-state index in [1.165, 1.54) is 17.4 Å². The lowest BCUT2D eigenvalue weighted by Gasteiger charge is -2.11. The van der Waals surface area contributed by atoms with E-state index in [4.69, 9.17) is 5.11 Å². The normalized spacial score (nSPS) is 11.2. The van der Waals surface area contributed by atoms with Crippen LogP contribution in [0.2, 0.25) is 0 Å². The molecule has 2 heterocycles. The Kier molecular flexibility index (Phi) is 4.54. The fourth-order valence-corrected chi connectivity index (χ4v) is 2.57. The Morgan fingerprint density at radius 2 is 2.19 bits per heavy atom. The maximum Gasteiger partial charge on any atom is 0.328 e. The number of rotatable bonds is 5. The van der Waals surface area contributed by atoms with Crippen molar-refractivity contribution in [2.24, 2.45) is 0 Å². The largest absolute Gasteiger partial charge is 0.478 e. The Hall–Kier alpha value is -2.41. The summed E-state index contributed by atoms with van der Waals surface area (Å²) < 4.78 is 1.71. The topological polar surface area (TPSA) is 84.2 Å². The molecule has 1 amide bonds. The van der Waals surface area contributed by atoms with Gasteiger partial charge in [0.2, 0.25) is 0 Å². The number of thiophene rings is 1. The first-order chi connectivity index (χ1) is 9.99. The molecule has 0 aromatic carbocycles. The first kappa shape index (κ1) is 15.0. The van der Waals surface area contributed by atoms with Crippen LogP contribution in [0, 0.1) is 0 Å². The molecule has 0 saturated heterocycles. The van der Waals surface area contributed by atoms with Crippen LogP contribution in [-0.4, -0.2) is 26.8 Å². The van der Waals surface area contributed by atoms with Gasteiger partial charge < -0.3 is 10.4 Å². The smallest absolute Gasteiger partial charge is 0.328 e. The first-order valence-electron chi connectivity index (χ1n) is 6.32. The highest BCUT2D eigenvalue weighted by Gasteiger charge is 2.15. The molecule has 2 aromatic rings. The van der Waals surface area contributed by atoms with Gasteiger partial charge in [-0.3, -0.25) is 4.79 Å². The van der Waals surface area contributed by atoms with Crippen molar-refractivity contribution >= 4 is 35.1 Å². The molecule has 21 heavy (non-hydrogen) atoms. The minimum absolute atomic E-state index is 0.130. The van der Waals surface area contributed by atoms with Crippen LogP contribution in [0.25, 0.3) is 6.08 Å². The molecule has 0 bridgehead atoms. The van der Waals surface area contributed by atoms with E-state index in [0.29, 0.717) is 16.3 Å². The summed E-state index contributed by atoms with van der Waals surface area (Å²) in [4.78, 5) is 23.3. The van der Waals surface area contributed by atoms with E-state index in [1.807, 2.05) is 13.8 Å². The quantitative estimate of drug-likeness (QED) is 0.832. The SMILES string of the molecule is CC(C)n1nccc1NC(=O)c1sccc1C=CC(=O)O. The molecule has 7 heteroatoms. The van der Waals surface area contributed by atoms with Crippen molar-refractivity contribution in [3.8, 4) is 0 Å². The number of carbonyl (C=O) groups excluding carboxylic acids is 1. The van der Waals surface area contributed by atoms with E-state index in [9.17, 15) is 9.59 Å². The molecular formula is C14H15N3O3S. The van der Waals surface area contributed by atoms with Gasteiger partial charge in [-0.05, 0) is 36.9 Å². The molecule has 0 aliphatic heterocycles. The molecule has 6 nitrogen and oxygen atoms in total. The molecule has 0 spiro atoms. The number of nitrogens with zero attached hydrogens (tertiary/aromatic N) is 2. The highest BCUT2D eigenvalue weighted by molar-refractivity contribution is 7.12.